The summed E-state index contributed by atoms with van der Waals surface area (Å²) in [6.45, 7) is 2.68. The molecule has 0 aromatic heterocycles. The minimum atomic E-state index is -0.853. The van der Waals surface area contributed by atoms with Crippen LogP contribution >= 0.6 is 0 Å². The molecule has 0 fully saturated rings. The lowest BCUT2D eigenvalue weighted by Gasteiger charge is -2.28. The molecule has 1 unspecified atom stereocenters. The van der Waals surface area contributed by atoms with Gasteiger partial charge in [0.2, 0.25) is 5.91 Å². The first-order valence-corrected chi connectivity index (χ1v) is 3.74. The van der Waals surface area contributed by atoms with E-state index in [-0.39, 0.29) is 13.2 Å². The van der Waals surface area contributed by atoms with Crippen LogP contribution in [0, 0.1) is 0 Å². The number of rotatable bonds is 5. The van der Waals surface area contributed by atoms with Gasteiger partial charge in [0, 0.05) is 0 Å². The first kappa shape index (κ1) is 11.4. The Morgan fingerprint density at radius 2 is 2.00 bits per heavy atom. The molecule has 0 bridgehead atoms. The molecule has 0 radical (unpaired) electrons. The van der Waals surface area contributed by atoms with Crippen LogP contribution in [0.2, 0.25) is 0 Å². The van der Waals surface area contributed by atoms with Gasteiger partial charge >= 0.3 is 0 Å². The highest BCUT2D eigenvalue weighted by Gasteiger charge is 2.25. The standard InChI is InChI=1S/C7H16N2O3/c1-5(6(8)12)9-7(2,3-10)4-11/h5,9-11H,3-4H2,1-2H3,(H2,8,12). The molecule has 12 heavy (non-hydrogen) atoms. The van der Waals surface area contributed by atoms with Crippen molar-refractivity contribution >= 4 is 5.91 Å². The van der Waals surface area contributed by atoms with Gasteiger partial charge in [0.1, 0.15) is 0 Å². The van der Waals surface area contributed by atoms with Gasteiger partial charge in [-0.1, -0.05) is 0 Å². The summed E-state index contributed by atoms with van der Waals surface area (Å²) < 4.78 is 0. The Hall–Kier alpha value is -0.650. The van der Waals surface area contributed by atoms with E-state index in [0.717, 1.165) is 0 Å². The highest BCUT2D eigenvalue weighted by atomic mass is 16.3. The van der Waals surface area contributed by atoms with Crippen molar-refractivity contribution in [2.75, 3.05) is 13.2 Å². The van der Waals surface area contributed by atoms with Gasteiger partial charge in [-0.05, 0) is 13.8 Å². The van der Waals surface area contributed by atoms with Crippen LogP contribution in [0.4, 0.5) is 0 Å². The summed E-state index contributed by atoms with van der Waals surface area (Å²) in [5.41, 5.74) is 4.14. The fourth-order valence-corrected chi connectivity index (χ4v) is 0.735. The Morgan fingerprint density at radius 1 is 1.58 bits per heavy atom. The molecule has 5 nitrogen and oxygen atoms in total. The highest BCUT2D eigenvalue weighted by molar-refractivity contribution is 5.79. The van der Waals surface area contributed by atoms with Gasteiger partial charge in [-0.15, -0.1) is 0 Å². The van der Waals surface area contributed by atoms with Crippen LogP contribution in [0.1, 0.15) is 13.8 Å². The molecule has 0 spiro atoms. The number of nitrogens with one attached hydrogen (secondary N) is 1. The van der Waals surface area contributed by atoms with E-state index < -0.39 is 17.5 Å². The van der Waals surface area contributed by atoms with Gasteiger partial charge in [0.05, 0.1) is 24.8 Å². The lowest BCUT2D eigenvalue weighted by molar-refractivity contribution is -0.120. The summed E-state index contributed by atoms with van der Waals surface area (Å²) in [6, 6.07) is -0.561. The van der Waals surface area contributed by atoms with Crippen LogP contribution < -0.4 is 11.1 Å². The number of hydrogen-bond acceptors (Lipinski definition) is 4. The lowest BCUT2D eigenvalue weighted by Crippen LogP contribution is -2.56. The van der Waals surface area contributed by atoms with Gasteiger partial charge in [0.15, 0.2) is 0 Å². The van der Waals surface area contributed by atoms with Gasteiger partial charge in [0.25, 0.3) is 0 Å². The van der Waals surface area contributed by atoms with Crippen molar-refractivity contribution in [1.29, 1.82) is 0 Å². The number of aliphatic hydroxyl groups excluding tert-OH is 2. The van der Waals surface area contributed by atoms with E-state index in [2.05, 4.69) is 5.32 Å². The molecule has 0 aromatic rings. The maximum absolute atomic E-state index is 10.6. The van der Waals surface area contributed by atoms with Crippen molar-refractivity contribution < 1.29 is 15.0 Å². The first-order valence-electron chi connectivity index (χ1n) is 3.74. The van der Waals surface area contributed by atoms with E-state index in [1.807, 2.05) is 0 Å². The third-order valence-electron chi connectivity index (χ3n) is 1.69. The minimum Gasteiger partial charge on any atom is -0.394 e. The summed E-state index contributed by atoms with van der Waals surface area (Å²) >= 11 is 0. The average Bonchev–Trinajstić information content (AvgIpc) is 2.04. The predicted octanol–water partition coefficient (Wildman–Crippen LogP) is -1.81. The van der Waals surface area contributed by atoms with E-state index in [1.54, 1.807) is 13.8 Å². The smallest absolute Gasteiger partial charge is 0.234 e. The predicted molar refractivity (Wildman–Crippen MR) is 44.4 cm³/mol. The topological polar surface area (TPSA) is 95.6 Å². The van der Waals surface area contributed by atoms with Crippen molar-refractivity contribution in [2.45, 2.75) is 25.4 Å². The summed E-state index contributed by atoms with van der Waals surface area (Å²) in [5, 5.41) is 20.4. The summed E-state index contributed by atoms with van der Waals surface area (Å²) in [7, 11) is 0. The number of hydrogen-bond donors (Lipinski definition) is 4. The van der Waals surface area contributed by atoms with Crippen LogP contribution in [0.5, 0.6) is 0 Å². The fourth-order valence-electron chi connectivity index (χ4n) is 0.735. The Morgan fingerprint density at radius 3 is 2.25 bits per heavy atom. The molecule has 0 heterocycles. The van der Waals surface area contributed by atoms with Crippen molar-refractivity contribution in [3.05, 3.63) is 0 Å². The van der Waals surface area contributed by atoms with Crippen LogP contribution in [-0.2, 0) is 4.79 Å². The van der Waals surface area contributed by atoms with E-state index in [9.17, 15) is 4.79 Å². The molecule has 0 aliphatic heterocycles. The molecule has 0 aliphatic rings. The van der Waals surface area contributed by atoms with Crippen LogP contribution in [-0.4, -0.2) is 40.9 Å². The first-order chi connectivity index (χ1) is 5.45. The monoisotopic (exact) mass is 176 g/mol. The zero-order valence-corrected chi connectivity index (χ0v) is 7.37. The second-order valence-electron chi connectivity index (χ2n) is 3.15. The Kier molecular flexibility index (Phi) is 4.16. The highest BCUT2D eigenvalue weighted by Crippen LogP contribution is 2.01. The van der Waals surface area contributed by atoms with Crippen molar-refractivity contribution in [2.24, 2.45) is 5.73 Å². The summed E-state index contributed by atoms with van der Waals surface area (Å²) in [5.74, 6) is -0.511. The maximum Gasteiger partial charge on any atom is 0.234 e. The third-order valence-corrected chi connectivity index (χ3v) is 1.69. The second kappa shape index (κ2) is 4.39. The average molecular weight is 176 g/mol. The molecule has 0 saturated carbocycles. The molecular formula is C7H16N2O3. The van der Waals surface area contributed by atoms with Crippen LogP contribution in [0.3, 0.4) is 0 Å². The molecule has 0 aromatic carbocycles. The molecule has 0 saturated heterocycles. The van der Waals surface area contributed by atoms with Gasteiger partial charge in [-0.2, -0.15) is 0 Å². The number of carbonyl (C=O) groups is 1. The van der Waals surface area contributed by atoms with Crippen LogP contribution in [0.15, 0.2) is 0 Å². The largest absolute Gasteiger partial charge is 0.394 e. The Bertz CT molecular complexity index is 157. The zero-order chi connectivity index (χ0) is 9.78. The van der Waals surface area contributed by atoms with Gasteiger partial charge in [-0.25, -0.2) is 0 Å². The molecular weight excluding hydrogens is 160 g/mol. The zero-order valence-electron chi connectivity index (χ0n) is 7.37. The SMILES string of the molecule is CC(NC(C)(CO)CO)C(N)=O. The summed E-state index contributed by atoms with van der Waals surface area (Å²) in [6.07, 6.45) is 0. The Labute approximate surface area is 71.6 Å². The quantitative estimate of drug-likeness (QED) is 0.397. The molecule has 1 amide bonds. The number of aliphatic hydroxyl groups is 2. The van der Waals surface area contributed by atoms with Crippen molar-refractivity contribution in [3.8, 4) is 0 Å². The van der Waals surface area contributed by atoms with Crippen LogP contribution in [0.25, 0.3) is 0 Å². The number of primary amides is 1. The normalized spacial score (nSPS) is 14.3. The van der Waals surface area contributed by atoms with Crippen molar-refractivity contribution in [1.82, 2.24) is 5.32 Å². The van der Waals surface area contributed by atoms with E-state index in [0.29, 0.717) is 0 Å². The maximum atomic E-state index is 10.6. The molecule has 0 rings (SSSR count). The fraction of sp³-hybridized carbons (Fsp3) is 0.857. The molecule has 5 heteroatoms. The number of nitrogens with two attached hydrogens (primary N) is 1. The van der Waals surface area contributed by atoms with Crippen molar-refractivity contribution in [3.63, 3.8) is 0 Å². The molecule has 72 valence electrons. The second-order valence-corrected chi connectivity index (χ2v) is 3.15. The Balaban J connectivity index is 4.11. The van der Waals surface area contributed by atoms with Gasteiger partial charge < -0.3 is 15.9 Å². The number of amides is 1. The van der Waals surface area contributed by atoms with E-state index >= 15 is 0 Å². The summed E-state index contributed by atoms with van der Waals surface area (Å²) in [4.78, 5) is 10.6. The van der Waals surface area contributed by atoms with Gasteiger partial charge in [-0.3, -0.25) is 10.1 Å². The minimum absolute atomic E-state index is 0.249. The number of carbonyl (C=O) groups excluding carboxylic acids is 1. The lowest BCUT2D eigenvalue weighted by atomic mass is 10.0. The molecule has 1 atom stereocenters. The third kappa shape index (κ3) is 3.17. The molecule has 0 aliphatic carbocycles. The molecule has 5 N–H and O–H groups in total. The van der Waals surface area contributed by atoms with E-state index in [1.165, 1.54) is 0 Å². The van der Waals surface area contributed by atoms with E-state index in [4.69, 9.17) is 15.9 Å².